The average molecular weight is 232 g/mol. The van der Waals surface area contributed by atoms with Crippen LogP contribution in [0, 0.1) is 0 Å². The van der Waals surface area contributed by atoms with Gasteiger partial charge in [0.15, 0.2) is 0 Å². The SMILES string of the molecule is C=CCC(C(=O)O)=C(C(=O)O)c1ccccc1. The molecule has 0 aliphatic carbocycles. The number of rotatable bonds is 5. The molecule has 0 heterocycles. The lowest BCUT2D eigenvalue weighted by molar-refractivity contribution is -0.134. The molecule has 0 aromatic heterocycles. The molecule has 0 fully saturated rings. The molecule has 0 amide bonds. The summed E-state index contributed by atoms with van der Waals surface area (Å²) >= 11 is 0. The molecule has 0 atom stereocenters. The van der Waals surface area contributed by atoms with E-state index in [4.69, 9.17) is 10.2 Å². The van der Waals surface area contributed by atoms with Crippen LogP contribution in [-0.2, 0) is 9.59 Å². The molecule has 0 saturated heterocycles. The highest BCUT2D eigenvalue weighted by molar-refractivity contribution is 6.21. The zero-order valence-corrected chi connectivity index (χ0v) is 9.09. The summed E-state index contributed by atoms with van der Waals surface area (Å²) in [5.41, 5.74) is 0.0101. The zero-order chi connectivity index (χ0) is 12.8. The maximum absolute atomic E-state index is 11.2. The van der Waals surface area contributed by atoms with Gasteiger partial charge in [0.2, 0.25) is 0 Å². The largest absolute Gasteiger partial charge is 0.478 e. The van der Waals surface area contributed by atoms with E-state index in [1.54, 1.807) is 30.3 Å². The van der Waals surface area contributed by atoms with Gasteiger partial charge in [-0.1, -0.05) is 36.4 Å². The van der Waals surface area contributed by atoms with E-state index in [0.717, 1.165) is 0 Å². The van der Waals surface area contributed by atoms with Crippen LogP contribution < -0.4 is 0 Å². The van der Waals surface area contributed by atoms with Gasteiger partial charge >= 0.3 is 11.9 Å². The molecule has 2 N–H and O–H groups in total. The summed E-state index contributed by atoms with van der Waals surface area (Å²) < 4.78 is 0. The van der Waals surface area contributed by atoms with Crippen LogP contribution in [-0.4, -0.2) is 22.2 Å². The summed E-state index contributed by atoms with van der Waals surface area (Å²) in [6.45, 7) is 3.43. The molecule has 0 bridgehead atoms. The van der Waals surface area contributed by atoms with E-state index in [2.05, 4.69) is 6.58 Å². The Hall–Kier alpha value is -2.36. The van der Waals surface area contributed by atoms with Gasteiger partial charge in [-0.05, 0) is 12.0 Å². The number of aliphatic carboxylic acids is 2. The third kappa shape index (κ3) is 3.04. The number of hydrogen-bond donors (Lipinski definition) is 2. The standard InChI is InChI=1S/C13H12O4/c1-2-6-10(12(14)15)11(13(16)17)9-7-4-3-5-8-9/h2-5,7-8H,1,6H2,(H,14,15)(H,16,17). The van der Waals surface area contributed by atoms with Crippen LogP contribution in [0.4, 0.5) is 0 Å². The molecule has 1 aromatic rings. The summed E-state index contributed by atoms with van der Waals surface area (Å²) in [6.07, 6.45) is 1.38. The topological polar surface area (TPSA) is 74.6 Å². The summed E-state index contributed by atoms with van der Waals surface area (Å²) in [7, 11) is 0. The summed E-state index contributed by atoms with van der Waals surface area (Å²) in [6, 6.07) is 8.18. The Bertz CT molecular complexity index is 471. The van der Waals surface area contributed by atoms with Crippen LogP contribution in [0.3, 0.4) is 0 Å². The minimum absolute atomic E-state index is 0.00581. The Morgan fingerprint density at radius 3 is 2.12 bits per heavy atom. The van der Waals surface area contributed by atoms with E-state index in [9.17, 15) is 9.59 Å². The van der Waals surface area contributed by atoms with Crippen molar-refractivity contribution < 1.29 is 19.8 Å². The summed E-state index contributed by atoms with van der Waals surface area (Å²) in [5.74, 6) is -2.50. The number of carboxylic acid groups (broad SMARTS) is 2. The van der Waals surface area contributed by atoms with Gasteiger partial charge < -0.3 is 10.2 Å². The van der Waals surface area contributed by atoms with Gasteiger partial charge in [-0.25, -0.2) is 9.59 Å². The van der Waals surface area contributed by atoms with Gasteiger partial charge in [0.25, 0.3) is 0 Å². The number of carboxylic acids is 2. The molecule has 1 rings (SSSR count). The van der Waals surface area contributed by atoms with Gasteiger partial charge in [-0.2, -0.15) is 0 Å². The third-order valence-electron chi connectivity index (χ3n) is 2.18. The van der Waals surface area contributed by atoms with E-state index in [1.807, 2.05) is 0 Å². The van der Waals surface area contributed by atoms with Crippen LogP contribution in [0.15, 0.2) is 48.6 Å². The maximum atomic E-state index is 11.2. The second-order valence-electron chi connectivity index (χ2n) is 3.32. The first kappa shape index (κ1) is 12.7. The predicted octanol–water partition coefficient (Wildman–Crippen LogP) is 2.19. The Labute approximate surface area is 98.5 Å². The molecule has 0 radical (unpaired) electrons. The first-order valence-corrected chi connectivity index (χ1v) is 4.94. The maximum Gasteiger partial charge on any atom is 0.336 e. The van der Waals surface area contributed by atoms with Crippen molar-refractivity contribution in [1.29, 1.82) is 0 Å². The monoisotopic (exact) mass is 232 g/mol. The molecular formula is C13H12O4. The van der Waals surface area contributed by atoms with Crippen LogP contribution in [0.1, 0.15) is 12.0 Å². The van der Waals surface area contributed by atoms with Crippen LogP contribution >= 0.6 is 0 Å². The van der Waals surface area contributed by atoms with Gasteiger partial charge in [0.05, 0.1) is 11.1 Å². The Balaban J connectivity index is 3.42. The first-order valence-electron chi connectivity index (χ1n) is 4.94. The fraction of sp³-hybridized carbons (Fsp3) is 0.0769. The molecule has 17 heavy (non-hydrogen) atoms. The molecule has 0 unspecified atom stereocenters. The quantitative estimate of drug-likeness (QED) is 0.602. The Morgan fingerprint density at radius 2 is 1.71 bits per heavy atom. The lowest BCUT2D eigenvalue weighted by atomic mass is 9.98. The van der Waals surface area contributed by atoms with Crippen molar-refractivity contribution in [2.75, 3.05) is 0 Å². The van der Waals surface area contributed by atoms with Gasteiger partial charge in [-0.15, -0.1) is 6.58 Å². The molecule has 88 valence electrons. The van der Waals surface area contributed by atoms with Crippen LogP contribution in [0.5, 0.6) is 0 Å². The number of allylic oxidation sites excluding steroid dienone is 1. The molecule has 0 spiro atoms. The zero-order valence-electron chi connectivity index (χ0n) is 9.09. The van der Waals surface area contributed by atoms with Crippen LogP contribution in [0.25, 0.3) is 5.57 Å². The van der Waals surface area contributed by atoms with Crippen molar-refractivity contribution in [2.45, 2.75) is 6.42 Å². The molecule has 1 aromatic carbocycles. The van der Waals surface area contributed by atoms with E-state index in [1.165, 1.54) is 6.08 Å². The number of carbonyl (C=O) groups is 2. The highest BCUT2D eigenvalue weighted by Crippen LogP contribution is 2.21. The van der Waals surface area contributed by atoms with Crippen molar-refractivity contribution in [3.8, 4) is 0 Å². The second kappa shape index (κ2) is 5.65. The first-order chi connectivity index (χ1) is 8.07. The Morgan fingerprint density at radius 1 is 1.12 bits per heavy atom. The van der Waals surface area contributed by atoms with Crippen molar-refractivity contribution in [1.82, 2.24) is 0 Å². The van der Waals surface area contributed by atoms with E-state index in [0.29, 0.717) is 5.56 Å². The fourth-order valence-electron chi connectivity index (χ4n) is 1.47. The second-order valence-corrected chi connectivity index (χ2v) is 3.32. The third-order valence-corrected chi connectivity index (χ3v) is 2.18. The number of hydrogen-bond acceptors (Lipinski definition) is 2. The van der Waals surface area contributed by atoms with E-state index < -0.39 is 11.9 Å². The summed E-state index contributed by atoms with van der Waals surface area (Å²) in [4.78, 5) is 22.2. The molecule has 0 saturated carbocycles. The van der Waals surface area contributed by atoms with Crippen LogP contribution in [0.2, 0.25) is 0 Å². The average Bonchev–Trinajstić information content (AvgIpc) is 2.29. The minimum atomic E-state index is -1.25. The summed E-state index contributed by atoms with van der Waals surface area (Å²) in [5, 5.41) is 18.1. The molecule has 4 nitrogen and oxygen atoms in total. The molecule has 4 heteroatoms. The fourth-order valence-corrected chi connectivity index (χ4v) is 1.47. The molecular weight excluding hydrogens is 220 g/mol. The van der Waals surface area contributed by atoms with Gasteiger partial charge in [0.1, 0.15) is 0 Å². The lowest BCUT2D eigenvalue weighted by Gasteiger charge is -2.07. The highest BCUT2D eigenvalue weighted by Gasteiger charge is 2.20. The Kier molecular flexibility index (Phi) is 4.22. The van der Waals surface area contributed by atoms with Crippen molar-refractivity contribution in [3.63, 3.8) is 0 Å². The highest BCUT2D eigenvalue weighted by atomic mass is 16.4. The molecule has 0 aliphatic heterocycles. The van der Waals surface area contributed by atoms with Crippen molar-refractivity contribution in [3.05, 3.63) is 54.1 Å². The predicted molar refractivity (Wildman–Crippen MR) is 63.4 cm³/mol. The van der Waals surface area contributed by atoms with Gasteiger partial charge in [0, 0.05) is 0 Å². The lowest BCUT2D eigenvalue weighted by Crippen LogP contribution is -2.10. The molecule has 0 aliphatic rings. The smallest absolute Gasteiger partial charge is 0.336 e. The van der Waals surface area contributed by atoms with E-state index >= 15 is 0 Å². The number of benzene rings is 1. The van der Waals surface area contributed by atoms with Crippen molar-refractivity contribution in [2.24, 2.45) is 0 Å². The van der Waals surface area contributed by atoms with Crippen molar-refractivity contribution >= 4 is 17.5 Å². The van der Waals surface area contributed by atoms with Gasteiger partial charge in [-0.3, -0.25) is 0 Å². The van der Waals surface area contributed by atoms with E-state index in [-0.39, 0.29) is 17.6 Å². The minimum Gasteiger partial charge on any atom is -0.478 e. The normalized spacial score (nSPS) is 11.5.